The zero-order chi connectivity index (χ0) is 11.7. The van der Waals surface area contributed by atoms with E-state index in [0.29, 0.717) is 6.04 Å². The molecule has 0 saturated heterocycles. The van der Waals surface area contributed by atoms with Gasteiger partial charge in [-0.2, -0.15) is 0 Å². The van der Waals surface area contributed by atoms with Gasteiger partial charge >= 0.3 is 0 Å². The van der Waals surface area contributed by atoms with Crippen LogP contribution in [0.3, 0.4) is 0 Å². The molecule has 2 rings (SSSR count). The van der Waals surface area contributed by atoms with Gasteiger partial charge in [0.05, 0.1) is 0 Å². The second-order valence-electron chi connectivity index (χ2n) is 5.30. The molecule has 16 heavy (non-hydrogen) atoms. The minimum absolute atomic E-state index is 0.699. The van der Waals surface area contributed by atoms with E-state index in [1.54, 1.807) is 5.56 Å². The van der Waals surface area contributed by atoms with Crippen molar-refractivity contribution >= 4 is 0 Å². The first-order chi connectivity index (χ1) is 7.63. The van der Waals surface area contributed by atoms with Gasteiger partial charge in [0.1, 0.15) is 0 Å². The summed E-state index contributed by atoms with van der Waals surface area (Å²) in [5.74, 6) is 1.50. The molecule has 0 amide bonds. The van der Waals surface area contributed by atoms with Gasteiger partial charge in [-0.1, -0.05) is 30.7 Å². The number of benzene rings is 1. The summed E-state index contributed by atoms with van der Waals surface area (Å²) < 4.78 is 0. The van der Waals surface area contributed by atoms with E-state index in [0.717, 1.165) is 11.8 Å². The van der Waals surface area contributed by atoms with Crippen molar-refractivity contribution < 1.29 is 0 Å². The Kier molecular flexibility index (Phi) is 3.34. The normalized spacial score (nSPS) is 29.6. The summed E-state index contributed by atoms with van der Waals surface area (Å²) in [7, 11) is 2.09. The molecule has 1 saturated carbocycles. The number of rotatable bonds is 2. The van der Waals surface area contributed by atoms with Crippen molar-refractivity contribution in [2.75, 3.05) is 7.05 Å². The molecule has 0 aliphatic heterocycles. The molecule has 0 heterocycles. The first-order valence-corrected chi connectivity index (χ1v) is 6.38. The Balaban J connectivity index is 2.28. The predicted molar refractivity (Wildman–Crippen MR) is 69.9 cm³/mol. The average molecular weight is 217 g/mol. The lowest BCUT2D eigenvalue weighted by atomic mass is 9.85. The molecule has 1 N–H and O–H groups in total. The largest absolute Gasteiger partial charge is 0.317 e. The summed E-state index contributed by atoms with van der Waals surface area (Å²) in [5.41, 5.74) is 4.42. The third-order valence-electron chi connectivity index (χ3n) is 4.26. The molecule has 0 aromatic heterocycles. The maximum absolute atomic E-state index is 3.45. The van der Waals surface area contributed by atoms with Crippen LogP contribution < -0.4 is 5.32 Å². The van der Waals surface area contributed by atoms with Crippen molar-refractivity contribution in [3.63, 3.8) is 0 Å². The highest BCUT2D eigenvalue weighted by atomic mass is 14.9. The van der Waals surface area contributed by atoms with Gasteiger partial charge in [0.15, 0.2) is 0 Å². The molecule has 0 spiro atoms. The molecule has 1 aromatic rings. The zero-order valence-electron chi connectivity index (χ0n) is 10.9. The van der Waals surface area contributed by atoms with E-state index < -0.39 is 0 Å². The monoisotopic (exact) mass is 217 g/mol. The minimum Gasteiger partial charge on any atom is -0.317 e. The lowest BCUT2D eigenvalue weighted by Crippen LogP contribution is -2.28. The number of aryl methyl sites for hydroxylation is 2. The van der Waals surface area contributed by atoms with Crippen LogP contribution in [0.25, 0.3) is 0 Å². The maximum Gasteiger partial charge on any atom is 0.00957 e. The molecule has 3 unspecified atom stereocenters. The molecule has 0 radical (unpaired) electrons. The lowest BCUT2D eigenvalue weighted by molar-refractivity contribution is 0.428. The minimum atomic E-state index is 0.699. The van der Waals surface area contributed by atoms with Gasteiger partial charge in [0, 0.05) is 6.04 Å². The van der Waals surface area contributed by atoms with Gasteiger partial charge < -0.3 is 5.32 Å². The fourth-order valence-electron chi connectivity index (χ4n) is 3.17. The van der Waals surface area contributed by atoms with E-state index in [1.807, 2.05) is 0 Å². The molecule has 1 aliphatic rings. The van der Waals surface area contributed by atoms with Crippen molar-refractivity contribution in [3.05, 3.63) is 34.9 Å². The lowest BCUT2D eigenvalue weighted by Gasteiger charge is -2.22. The van der Waals surface area contributed by atoms with Crippen LogP contribution in [0.4, 0.5) is 0 Å². The molecule has 1 nitrogen and oxygen atoms in total. The number of hydrogen-bond donors (Lipinski definition) is 1. The van der Waals surface area contributed by atoms with E-state index in [9.17, 15) is 0 Å². The van der Waals surface area contributed by atoms with Gasteiger partial charge in [0.2, 0.25) is 0 Å². The second-order valence-corrected chi connectivity index (χ2v) is 5.30. The Morgan fingerprint density at radius 1 is 1.19 bits per heavy atom. The van der Waals surface area contributed by atoms with Crippen LogP contribution in [-0.4, -0.2) is 13.1 Å². The Bertz CT molecular complexity index is 370. The first kappa shape index (κ1) is 11.7. The number of hydrogen-bond acceptors (Lipinski definition) is 1. The second kappa shape index (κ2) is 4.58. The third-order valence-corrected chi connectivity index (χ3v) is 4.26. The quantitative estimate of drug-likeness (QED) is 0.800. The van der Waals surface area contributed by atoms with E-state index in [2.05, 4.69) is 51.3 Å². The molecule has 1 fully saturated rings. The molecule has 88 valence electrons. The van der Waals surface area contributed by atoms with E-state index in [-0.39, 0.29) is 0 Å². The van der Waals surface area contributed by atoms with Crippen LogP contribution in [0.2, 0.25) is 0 Å². The topological polar surface area (TPSA) is 12.0 Å². The molecular weight excluding hydrogens is 194 g/mol. The summed E-state index contributed by atoms with van der Waals surface area (Å²) in [6.07, 6.45) is 2.65. The highest BCUT2D eigenvalue weighted by molar-refractivity contribution is 5.34. The third kappa shape index (κ3) is 2.01. The Morgan fingerprint density at radius 3 is 2.56 bits per heavy atom. The van der Waals surface area contributed by atoms with E-state index in [4.69, 9.17) is 0 Å². The van der Waals surface area contributed by atoms with Crippen molar-refractivity contribution in [2.45, 2.75) is 45.6 Å². The maximum atomic E-state index is 3.45. The van der Waals surface area contributed by atoms with Gasteiger partial charge in [-0.15, -0.1) is 0 Å². The van der Waals surface area contributed by atoms with E-state index >= 15 is 0 Å². The summed E-state index contributed by atoms with van der Waals surface area (Å²) in [5, 5.41) is 3.45. The van der Waals surface area contributed by atoms with Crippen molar-refractivity contribution in [1.29, 1.82) is 0 Å². The Hall–Kier alpha value is -0.820. The smallest absolute Gasteiger partial charge is 0.00957 e. The molecular formula is C15H23N. The van der Waals surface area contributed by atoms with Gasteiger partial charge in [-0.3, -0.25) is 0 Å². The van der Waals surface area contributed by atoms with Gasteiger partial charge in [0.25, 0.3) is 0 Å². The van der Waals surface area contributed by atoms with Crippen LogP contribution in [-0.2, 0) is 0 Å². The van der Waals surface area contributed by atoms with Crippen molar-refractivity contribution in [2.24, 2.45) is 5.92 Å². The van der Waals surface area contributed by atoms with E-state index in [1.165, 1.54) is 24.0 Å². The summed E-state index contributed by atoms with van der Waals surface area (Å²) in [4.78, 5) is 0. The zero-order valence-corrected chi connectivity index (χ0v) is 10.9. The highest BCUT2D eigenvalue weighted by Crippen LogP contribution is 2.40. The van der Waals surface area contributed by atoms with Crippen LogP contribution >= 0.6 is 0 Å². The van der Waals surface area contributed by atoms with Gasteiger partial charge in [-0.25, -0.2) is 0 Å². The fourth-order valence-corrected chi connectivity index (χ4v) is 3.17. The van der Waals surface area contributed by atoms with Crippen LogP contribution in [0.15, 0.2) is 18.2 Å². The van der Waals surface area contributed by atoms with Crippen LogP contribution in [0, 0.1) is 19.8 Å². The van der Waals surface area contributed by atoms with Crippen molar-refractivity contribution in [3.8, 4) is 0 Å². The standard InChI is InChI=1S/C15H23N/c1-10-5-6-11(2)14(9-10)13-7-8-15(16-4)12(13)3/h5-6,9,12-13,15-16H,7-8H2,1-4H3. The number of nitrogens with one attached hydrogen (secondary N) is 1. The first-order valence-electron chi connectivity index (χ1n) is 6.38. The summed E-state index contributed by atoms with van der Waals surface area (Å²) in [6.45, 7) is 6.83. The summed E-state index contributed by atoms with van der Waals surface area (Å²) >= 11 is 0. The van der Waals surface area contributed by atoms with Crippen LogP contribution in [0.5, 0.6) is 0 Å². The molecule has 3 atom stereocenters. The SMILES string of the molecule is CNC1CCC(c2cc(C)ccc2C)C1C. The fraction of sp³-hybridized carbons (Fsp3) is 0.600. The van der Waals surface area contributed by atoms with Crippen LogP contribution in [0.1, 0.15) is 42.4 Å². The van der Waals surface area contributed by atoms with Crippen molar-refractivity contribution in [1.82, 2.24) is 5.32 Å². The predicted octanol–water partition coefficient (Wildman–Crippen LogP) is 3.40. The highest BCUT2D eigenvalue weighted by Gasteiger charge is 2.33. The molecule has 1 aliphatic carbocycles. The Labute approximate surface area is 99.3 Å². The van der Waals surface area contributed by atoms with Gasteiger partial charge in [-0.05, 0) is 56.7 Å². The average Bonchev–Trinajstić information content (AvgIpc) is 2.63. The molecule has 1 heteroatoms. The molecule has 1 aromatic carbocycles. The molecule has 0 bridgehead atoms. The Morgan fingerprint density at radius 2 is 1.94 bits per heavy atom. The summed E-state index contributed by atoms with van der Waals surface area (Å²) in [6, 6.07) is 7.57.